The molecule has 0 spiro atoms. The van der Waals surface area contributed by atoms with Gasteiger partial charge in [0.25, 0.3) is 0 Å². The first kappa shape index (κ1) is 11.2. The van der Waals surface area contributed by atoms with Crippen LogP contribution in [-0.4, -0.2) is 5.78 Å². The minimum absolute atomic E-state index is 0.0112. The van der Waals surface area contributed by atoms with Gasteiger partial charge in [-0.1, -0.05) is 25.7 Å². The lowest BCUT2D eigenvalue weighted by Crippen LogP contribution is -2.06. The van der Waals surface area contributed by atoms with Crippen molar-refractivity contribution in [3.05, 3.63) is 0 Å². The van der Waals surface area contributed by atoms with Crippen LogP contribution in [0, 0.1) is 23.2 Å². The second kappa shape index (κ2) is 4.30. The van der Waals surface area contributed by atoms with Crippen LogP contribution >= 0.6 is 0 Å². The molecule has 0 N–H and O–H groups in total. The number of ketones is 1. The summed E-state index contributed by atoms with van der Waals surface area (Å²) in [5.74, 6) is 6.28. The van der Waals surface area contributed by atoms with Crippen LogP contribution in [0.5, 0.6) is 0 Å². The van der Waals surface area contributed by atoms with E-state index in [9.17, 15) is 4.79 Å². The van der Waals surface area contributed by atoms with Gasteiger partial charge in [-0.3, -0.25) is 4.79 Å². The van der Waals surface area contributed by atoms with E-state index in [-0.39, 0.29) is 17.1 Å². The monoisotopic (exact) mass is 166 g/mol. The van der Waals surface area contributed by atoms with Gasteiger partial charge in [0.1, 0.15) is 5.78 Å². The molecule has 12 heavy (non-hydrogen) atoms. The number of hydrogen-bond donors (Lipinski definition) is 0. The first-order chi connectivity index (χ1) is 5.33. The van der Waals surface area contributed by atoms with Gasteiger partial charge in [0.2, 0.25) is 0 Å². The van der Waals surface area contributed by atoms with Gasteiger partial charge in [0, 0.05) is 11.3 Å². The Hall–Kier alpha value is -0.770. The molecule has 0 unspecified atom stereocenters. The number of hydrogen-bond acceptors (Lipinski definition) is 1. The molecule has 0 saturated carbocycles. The van der Waals surface area contributed by atoms with Gasteiger partial charge in [-0.05, 0) is 20.8 Å². The van der Waals surface area contributed by atoms with E-state index in [1.54, 1.807) is 0 Å². The first-order valence-electron chi connectivity index (χ1n) is 4.35. The molecule has 0 saturated heterocycles. The largest absolute Gasteiger partial charge is 0.298 e. The van der Waals surface area contributed by atoms with E-state index in [2.05, 4.69) is 11.8 Å². The third-order valence-electron chi connectivity index (χ3n) is 1.37. The van der Waals surface area contributed by atoms with Crippen molar-refractivity contribution in [2.75, 3.05) is 0 Å². The number of carbonyl (C=O) groups excluding carboxylic acids is 1. The Morgan fingerprint density at radius 1 is 1.33 bits per heavy atom. The second-order valence-corrected chi connectivity index (χ2v) is 4.35. The van der Waals surface area contributed by atoms with Crippen LogP contribution < -0.4 is 0 Å². The molecule has 1 heteroatoms. The molecule has 0 amide bonds. The van der Waals surface area contributed by atoms with Crippen molar-refractivity contribution >= 4 is 5.78 Å². The van der Waals surface area contributed by atoms with Crippen molar-refractivity contribution in [2.24, 2.45) is 11.3 Å². The fraction of sp³-hybridized carbons (Fsp3) is 0.727. The summed E-state index contributed by atoms with van der Waals surface area (Å²) in [5, 5.41) is 0. The molecule has 0 aliphatic carbocycles. The van der Waals surface area contributed by atoms with E-state index < -0.39 is 0 Å². The Labute approximate surface area is 75.5 Å². The summed E-state index contributed by atoms with van der Waals surface area (Å²) >= 11 is 0. The average molecular weight is 166 g/mol. The predicted octanol–water partition coefficient (Wildman–Crippen LogP) is 2.65. The molecule has 0 aliphatic heterocycles. The molecule has 0 aromatic carbocycles. The summed E-state index contributed by atoms with van der Waals surface area (Å²) in [7, 11) is 0. The van der Waals surface area contributed by atoms with Crippen molar-refractivity contribution < 1.29 is 4.79 Å². The predicted molar refractivity (Wildman–Crippen MR) is 51.7 cm³/mol. The molecule has 0 aliphatic rings. The van der Waals surface area contributed by atoms with Crippen LogP contribution in [0.3, 0.4) is 0 Å². The van der Waals surface area contributed by atoms with Crippen LogP contribution in [0.4, 0.5) is 0 Å². The summed E-state index contributed by atoms with van der Waals surface area (Å²) in [5.41, 5.74) is 0.0112. The summed E-state index contributed by atoms with van der Waals surface area (Å²) in [6.45, 7) is 9.93. The average Bonchev–Trinajstić information content (AvgIpc) is 1.84. The third-order valence-corrected chi connectivity index (χ3v) is 1.37. The van der Waals surface area contributed by atoms with Crippen LogP contribution in [0.1, 0.15) is 41.0 Å². The highest BCUT2D eigenvalue weighted by atomic mass is 16.1. The van der Waals surface area contributed by atoms with E-state index in [4.69, 9.17) is 0 Å². The lowest BCUT2D eigenvalue weighted by molar-refractivity contribution is -0.120. The lowest BCUT2D eigenvalue weighted by atomic mass is 9.97. The fourth-order valence-corrected chi connectivity index (χ4v) is 0.601. The number of Topliss-reactive ketones (excluding diaryl/α,β-unsaturated/α-hetero) is 1. The molecule has 0 aromatic rings. The molecule has 0 aromatic heterocycles. The minimum atomic E-state index is 0.0112. The normalized spacial score (nSPS) is 10.8. The highest BCUT2D eigenvalue weighted by molar-refractivity contribution is 5.82. The molecule has 0 fully saturated rings. The van der Waals surface area contributed by atoms with Gasteiger partial charge >= 0.3 is 0 Å². The molecule has 1 nitrogen and oxygen atoms in total. The zero-order valence-electron chi connectivity index (χ0n) is 8.69. The SMILES string of the molecule is CC(C)C(=O)CC#CC(C)(C)C. The molecular formula is C11H18O. The first-order valence-corrected chi connectivity index (χ1v) is 4.35. The maximum absolute atomic E-state index is 11.1. The van der Waals surface area contributed by atoms with E-state index in [0.29, 0.717) is 6.42 Å². The van der Waals surface area contributed by atoms with Gasteiger partial charge in [0.15, 0.2) is 0 Å². The zero-order valence-corrected chi connectivity index (χ0v) is 8.69. The quantitative estimate of drug-likeness (QED) is 0.576. The Kier molecular flexibility index (Phi) is 4.03. The van der Waals surface area contributed by atoms with Gasteiger partial charge in [0.05, 0.1) is 6.42 Å². The van der Waals surface area contributed by atoms with Crippen LogP contribution in [-0.2, 0) is 4.79 Å². The molecule has 0 atom stereocenters. The standard InChI is InChI=1S/C11H18O/c1-9(2)10(12)7-6-8-11(3,4)5/h9H,7H2,1-5H3. The number of rotatable bonds is 2. The Morgan fingerprint density at radius 3 is 2.17 bits per heavy atom. The van der Waals surface area contributed by atoms with E-state index in [1.807, 2.05) is 34.6 Å². The van der Waals surface area contributed by atoms with E-state index in [1.165, 1.54) is 0 Å². The molecule has 0 bridgehead atoms. The highest BCUT2D eigenvalue weighted by Gasteiger charge is 2.06. The molecule has 0 radical (unpaired) electrons. The van der Waals surface area contributed by atoms with Crippen LogP contribution in [0.25, 0.3) is 0 Å². The van der Waals surface area contributed by atoms with E-state index >= 15 is 0 Å². The van der Waals surface area contributed by atoms with Crippen LogP contribution in [0.15, 0.2) is 0 Å². The summed E-state index contributed by atoms with van der Waals surface area (Å²) in [4.78, 5) is 11.1. The Bertz CT molecular complexity index is 207. The second-order valence-electron chi connectivity index (χ2n) is 4.35. The maximum atomic E-state index is 11.1. The number of carbonyl (C=O) groups is 1. The summed E-state index contributed by atoms with van der Waals surface area (Å²) in [6, 6.07) is 0. The molecule has 0 rings (SSSR count). The molecular weight excluding hydrogens is 148 g/mol. The summed E-state index contributed by atoms with van der Waals surface area (Å²) < 4.78 is 0. The zero-order chi connectivity index (χ0) is 9.78. The maximum Gasteiger partial charge on any atom is 0.147 e. The van der Waals surface area contributed by atoms with Crippen molar-refractivity contribution in [3.63, 3.8) is 0 Å². The highest BCUT2D eigenvalue weighted by Crippen LogP contribution is 2.10. The Morgan fingerprint density at radius 2 is 1.83 bits per heavy atom. The van der Waals surface area contributed by atoms with Crippen LogP contribution in [0.2, 0.25) is 0 Å². The van der Waals surface area contributed by atoms with Gasteiger partial charge < -0.3 is 0 Å². The fourth-order valence-electron chi connectivity index (χ4n) is 0.601. The molecule has 0 heterocycles. The third kappa shape index (κ3) is 5.97. The Balaban J connectivity index is 3.96. The topological polar surface area (TPSA) is 17.1 Å². The van der Waals surface area contributed by atoms with E-state index in [0.717, 1.165) is 0 Å². The van der Waals surface area contributed by atoms with Crippen molar-refractivity contribution in [1.82, 2.24) is 0 Å². The smallest absolute Gasteiger partial charge is 0.147 e. The van der Waals surface area contributed by atoms with Crippen molar-refractivity contribution in [3.8, 4) is 11.8 Å². The van der Waals surface area contributed by atoms with Crippen molar-refractivity contribution in [1.29, 1.82) is 0 Å². The molecule has 68 valence electrons. The van der Waals surface area contributed by atoms with Gasteiger partial charge in [-0.25, -0.2) is 0 Å². The summed E-state index contributed by atoms with van der Waals surface area (Å²) in [6.07, 6.45) is 0.398. The minimum Gasteiger partial charge on any atom is -0.298 e. The van der Waals surface area contributed by atoms with Crippen molar-refractivity contribution in [2.45, 2.75) is 41.0 Å². The lowest BCUT2D eigenvalue weighted by Gasteiger charge is -2.06. The van der Waals surface area contributed by atoms with Gasteiger partial charge in [-0.2, -0.15) is 0 Å². The van der Waals surface area contributed by atoms with Gasteiger partial charge in [-0.15, -0.1) is 0 Å².